The summed E-state index contributed by atoms with van der Waals surface area (Å²) >= 11 is 0. The summed E-state index contributed by atoms with van der Waals surface area (Å²) < 4.78 is 0. The van der Waals surface area contributed by atoms with Crippen LogP contribution in [0.4, 0.5) is 0 Å². The van der Waals surface area contributed by atoms with Crippen LogP contribution in [0.25, 0.3) is 0 Å². The van der Waals surface area contributed by atoms with Crippen LogP contribution in [0.5, 0.6) is 0 Å². The molecule has 0 bridgehead atoms. The molecule has 0 aromatic rings. The van der Waals surface area contributed by atoms with E-state index in [2.05, 4.69) is 18.0 Å². The van der Waals surface area contributed by atoms with E-state index in [-0.39, 0.29) is 18.0 Å². The van der Waals surface area contributed by atoms with Crippen LogP contribution in [0.3, 0.4) is 0 Å². The lowest BCUT2D eigenvalue weighted by Gasteiger charge is -2.32. The molecule has 17 heavy (non-hydrogen) atoms. The summed E-state index contributed by atoms with van der Waals surface area (Å²) in [5.74, 6) is -0.328. The maximum Gasteiger partial charge on any atom is 0.238 e. The lowest BCUT2D eigenvalue weighted by atomic mass is 9.97. The highest BCUT2D eigenvalue weighted by molar-refractivity contribution is 5.83. The Bertz CT molecular complexity index is 315. The number of rotatable bonds is 6. The predicted molar refractivity (Wildman–Crippen MR) is 67.1 cm³/mol. The highest BCUT2D eigenvalue weighted by atomic mass is 16.7. The minimum atomic E-state index is -0.343. The van der Waals surface area contributed by atoms with Crippen molar-refractivity contribution in [2.75, 3.05) is 20.2 Å². The van der Waals surface area contributed by atoms with E-state index in [4.69, 9.17) is 10.6 Å². The predicted octanol–water partition coefficient (Wildman–Crippen LogP) is 0.198. The number of carbonyl (C=O) groups is 1. The van der Waals surface area contributed by atoms with Gasteiger partial charge in [0, 0.05) is 13.6 Å². The highest BCUT2D eigenvalue weighted by Crippen LogP contribution is 2.15. The van der Waals surface area contributed by atoms with Gasteiger partial charge in [-0.2, -0.15) is 5.06 Å². The first-order valence-electron chi connectivity index (χ1n) is 5.80. The monoisotopic (exact) mass is 239 g/mol. The SMILES string of the molecule is C=CCON(C)[C@@H]1C=C(CC)[C@@H](C(N)=O)NC1. The van der Waals surface area contributed by atoms with Crippen molar-refractivity contribution in [1.29, 1.82) is 0 Å². The largest absolute Gasteiger partial charge is 0.368 e. The molecule has 0 unspecified atom stereocenters. The number of hydroxylamine groups is 2. The zero-order chi connectivity index (χ0) is 12.8. The fourth-order valence-electron chi connectivity index (χ4n) is 1.88. The molecule has 5 nitrogen and oxygen atoms in total. The second kappa shape index (κ2) is 6.54. The fraction of sp³-hybridized carbons (Fsp3) is 0.583. The van der Waals surface area contributed by atoms with Crippen molar-refractivity contribution in [1.82, 2.24) is 10.4 Å². The molecule has 3 N–H and O–H groups in total. The molecule has 0 radical (unpaired) electrons. The molecule has 1 rings (SSSR count). The Hall–Kier alpha value is -1.17. The fourth-order valence-corrected chi connectivity index (χ4v) is 1.88. The standard InChI is InChI=1S/C12H21N3O2/c1-4-6-17-15(3)10-7-9(5-2)11(12(13)16)14-8-10/h4,7,10-11,14H,1,5-6,8H2,2-3H3,(H2,13,16)/t10-,11+/m1/s1. The van der Waals surface area contributed by atoms with Gasteiger partial charge in [-0.25, -0.2) is 0 Å². The molecule has 2 atom stereocenters. The maximum absolute atomic E-state index is 11.2. The van der Waals surface area contributed by atoms with Crippen molar-refractivity contribution in [3.63, 3.8) is 0 Å². The van der Waals surface area contributed by atoms with Gasteiger partial charge in [0.05, 0.1) is 12.6 Å². The van der Waals surface area contributed by atoms with Gasteiger partial charge in [0.15, 0.2) is 0 Å². The van der Waals surface area contributed by atoms with E-state index in [1.54, 1.807) is 11.1 Å². The van der Waals surface area contributed by atoms with Crippen molar-refractivity contribution >= 4 is 5.91 Å². The molecule has 5 heteroatoms. The van der Waals surface area contributed by atoms with Gasteiger partial charge in [-0.1, -0.05) is 19.1 Å². The molecular formula is C12H21N3O2. The number of carbonyl (C=O) groups excluding carboxylic acids is 1. The lowest BCUT2D eigenvalue weighted by Crippen LogP contribution is -2.52. The maximum atomic E-state index is 11.2. The second-order valence-corrected chi connectivity index (χ2v) is 4.04. The Balaban J connectivity index is 2.69. The first-order chi connectivity index (χ1) is 8.10. The third kappa shape index (κ3) is 3.66. The first-order valence-corrected chi connectivity index (χ1v) is 5.80. The van der Waals surface area contributed by atoms with Gasteiger partial charge >= 0.3 is 0 Å². The average molecular weight is 239 g/mol. The summed E-state index contributed by atoms with van der Waals surface area (Å²) in [6.45, 7) is 6.73. The quantitative estimate of drug-likeness (QED) is 0.513. The van der Waals surface area contributed by atoms with Crippen LogP contribution in [-0.2, 0) is 9.63 Å². The molecule has 0 saturated heterocycles. The van der Waals surface area contributed by atoms with E-state index in [9.17, 15) is 4.79 Å². The number of primary amides is 1. The highest BCUT2D eigenvalue weighted by Gasteiger charge is 2.27. The third-order valence-corrected chi connectivity index (χ3v) is 2.86. The van der Waals surface area contributed by atoms with E-state index in [0.717, 1.165) is 12.0 Å². The summed E-state index contributed by atoms with van der Waals surface area (Å²) in [4.78, 5) is 16.7. The van der Waals surface area contributed by atoms with Crippen LogP contribution < -0.4 is 11.1 Å². The van der Waals surface area contributed by atoms with Gasteiger partial charge in [0.2, 0.25) is 5.91 Å². The number of nitrogens with zero attached hydrogens (tertiary/aromatic N) is 1. The number of likely N-dealkylation sites (N-methyl/N-ethyl adjacent to an activating group) is 1. The zero-order valence-corrected chi connectivity index (χ0v) is 10.5. The van der Waals surface area contributed by atoms with Crippen molar-refractivity contribution in [3.05, 3.63) is 24.3 Å². The molecule has 1 aliphatic rings. The van der Waals surface area contributed by atoms with Crippen molar-refractivity contribution < 1.29 is 9.63 Å². The van der Waals surface area contributed by atoms with Crippen LogP contribution >= 0.6 is 0 Å². The summed E-state index contributed by atoms with van der Waals surface area (Å²) in [5, 5.41) is 4.90. The molecule has 1 amide bonds. The summed E-state index contributed by atoms with van der Waals surface area (Å²) in [5.41, 5.74) is 6.35. The summed E-state index contributed by atoms with van der Waals surface area (Å²) in [6, 6.07) is -0.232. The number of hydrogen-bond donors (Lipinski definition) is 2. The van der Waals surface area contributed by atoms with Crippen molar-refractivity contribution in [3.8, 4) is 0 Å². The minimum absolute atomic E-state index is 0.112. The number of amides is 1. The van der Waals surface area contributed by atoms with Crippen LogP contribution in [0.1, 0.15) is 13.3 Å². The molecule has 96 valence electrons. The Labute approximate surface area is 102 Å². The number of nitrogens with one attached hydrogen (secondary N) is 1. The lowest BCUT2D eigenvalue weighted by molar-refractivity contribution is -0.147. The van der Waals surface area contributed by atoms with E-state index in [1.807, 2.05) is 14.0 Å². The van der Waals surface area contributed by atoms with Gasteiger partial charge in [0.25, 0.3) is 0 Å². The van der Waals surface area contributed by atoms with Gasteiger partial charge in [0.1, 0.15) is 6.04 Å². The van der Waals surface area contributed by atoms with Crippen molar-refractivity contribution in [2.24, 2.45) is 5.73 Å². The normalized spacial score (nSPS) is 24.5. The topological polar surface area (TPSA) is 67.6 Å². The molecular weight excluding hydrogens is 218 g/mol. The summed E-state index contributed by atoms with van der Waals surface area (Å²) in [7, 11) is 1.87. The zero-order valence-electron chi connectivity index (χ0n) is 10.5. The van der Waals surface area contributed by atoms with E-state index in [0.29, 0.717) is 13.2 Å². The smallest absolute Gasteiger partial charge is 0.238 e. The minimum Gasteiger partial charge on any atom is -0.368 e. The Morgan fingerprint density at radius 2 is 2.53 bits per heavy atom. The molecule has 0 aromatic carbocycles. The van der Waals surface area contributed by atoms with Crippen molar-refractivity contribution in [2.45, 2.75) is 25.4 Å². The summed E-state index contributed by atoms with van der Waals surface area (Å²) in [6.07, 6.45) is 4.55. The molecule has 0 fully saturated rings. The third-order valence-electron chi connectivity index (χ3n) is 2.86. The van der Waals surface area contributed by atoms with E-state index >= 15 is 0 Å². The molecule has 0 aliphatic carbocycles. The molecule has 1 heterocycles. The Morgan fingerprint density at radius 1 is 1.82 bits per heavy atom. The van der Waals surface area contributed by atoms with Crippen LogP contribution in [0, 0.1) is 0 Å². The van der Waals surface area contributed by atoms with Gasteiger partial charge in [-0.05, 0) is 12.0 Å². The van der Waals surface area contributed by atoms with E-state index < -0.39 is 0 Å². The van der Waals surface area contributed by atoms with Gasteiger partial charge in [-0.3, -0.25) is 9.63 Å². The molecule has 0 spiro atoms. The van der Waals surface area contributed by atoms with Gasteiger partial charge in [-0.15, -0.1) is 6.58 Å². The second-order valence-electron chi connectivity index (χ2n) is 4.04. The first kappa shape index (κ1) is 13.9. The molecule has 0 saturated carbocycles. The number of nitrogens with two attached hydrogens (primary N) is 1. The average Bonchev–Trinajstić information content (AvgIpc) is 2.34. The Morgan fingerprint density at radius 3 is 3.06 bits per heavy atom. The van der Waals surface area contributed by atoms with Gasteiger partial charge < -0.3 is 11.1 Å². The van der Waals surface area contributed by atoms with Crippen LogP contribution in [-0.4, -0.2) is 43.3 Å². The van der Waals surface area contributed by atoms with E-state index in [1.165, 1.54) is 0 Å². The Kier molecular flexibility index (Phi) is 5.34. The molecule has 1 aliphatic heterocycles. The van der Waals surface area contributed by atoms with Crippen LogP contribution in [0.2, 0.25) is 0 Å². The molecule has 0 aromatic heterocycles. The number of hydrogen-bond acceptors (Lipinski definition) is 4. The van der Waals surface area contributed by atoms with Crippen LogP contribution in [0.15, 0.2) is 24.3 Å².